The number of ether oxygens (including phenoxy) is 1. The molecule has 4 fully saturated rings. The first-order chi connectivity index (χ1) is 25.5. The SMILES string of the molecule is CC(C)C1=C2C3CCC4[C@@]5(C)CC[C@H](OC(=O)CC(C)(C)C(=O)O)C(C)(C)C5CC[C@@]4(C)[C@]3(C)CC[C@@]2(c2nnc(C(C)(C)c3ccc(Cl)cc3)o2)CC1=O. The number of allylic oxidation sites excluding steroid dienone is 2. The molecule has 4 saturated carbocycles. The molecule has 8 atom stereocenters. The van der Waals surface area contributed by atoms with Gasteiger partial charge in [0, 0.05) is 16.9 Å². The predicted molar refractivity (Wildman–Crippen MR) is 212 cm³/mol. The number of carbonyl (C=O) groups excluding carboxylic acids is 2. The molecule has 7 rings (SSSR count). The molecule has 3 unspecified atom stereocenters. The van der Waals surface area contributed by atoms with Crippen LogP contribution in [0.1, 0.15) is 158 Å². The average molecular weight is 775 g/mol. The van der Waals surface area contributed by atoms with Gasteiger partial charge in [0.1, 0.15) is 6.10 Å². The summed E-state index contributed by atoms with van der Waals surface area (Å²) in [5.41, 5.74) is 0.817. The van der Waals surface area contributed by atoms with Gasteiger partial charge in [-0.15, -0.1) is 10.2 Å². The first-order valence-electron chi connectivity index (χ1n) is 20.8. The molecule has 1 aromatic carbocycles. The summed E-state index contributed by atoms with van der Waals surface area (Å²) in [5, 5.41) is 19.8. The van der Waals surface area contributed by atoms with E-state index in [9.17, 15) is 19.5 Å². The molecule has 0 spiro atoms. The van der Waals surface area contributed by atoms with E-state index < -0.39 is 28.2 Å². The number of aliphatic carboxylic acids is 1. The highest BCUT2D eigenvalue weighted by molar-refractivity contribution is 6.30. The number of benzene rings is 1. The second-order valence-electron chi connectivity index (χ2n) is 21.0. The fourth-order valence-corrected chi connectivity index (χ4v) is 13.5. The molecule has 5 aliphatic rings. The van der Waals surface area contributed by atoms with Gasteiger partial charge in [-0.2, -0.15) is 0 Å². The lowest BCUT2D eigenvalue weighted by atomic mass is 9.33. The highest BCUT2D eigenvalue weighted by Gasteiger charge is 2.71. The molecule has 55 heavy (non-hydrogen) atoms. The molecule has 1 N–H and O–H groups in total. The molecule has 1 heterocycles. The van der Waals surface area contributed by atoms with Crippen molar-refractivity contribution in [1.29, 1.82) is 0 Å². The number of Topliss-reactive ketones (excluding diaryl/α,β-unsaturated/α-hetero) is 1. The largest absolute Gasteiger partial charge is 0.481 e. The molecule has 0 amide bonds. The van der Waals surface area contributed by atoms with Gasteiger partial charge in [0.15, 0.2) is 5.78 Å². The molecule has 9 heteroatoms. The van der Waals surface area contributed by atoms with E-state index in [1.165, 1.54) is 5.57 Å². The van der Waals surface area contributed by atoms with Crippen molar-refractivity contribution in [2.75, 3.05) is 0 Å². The number of rotatable bonds is 8. The highest BCUT2D eigenvalue weighted by Crippen LogP contribution is 2.77. The first-order valence-corrected chi connectivity index (χ1v) is 21.1. The second-order valence-corrected chi connectivity index (χ2v) is 21.5. The fourth-order valence-electron chi connectivity index (χ4n) is 13.4. The van der Waals surface area contributed by atoms with Crippen LogP contribution in [0.2, 0.25) is 5.02 Å². The van der Waals surface area contributed by atoms with E-state index in [0.717, 1.165) is 62.5 Å². The van der Waals surface area contributed by atoms with Gasteiger partial charge < -0.3 is 14.3 Å². The van der Waals surface area contributed by atoms with E-state index in [-0.39, 0.29) is 51.8 Å². The van der Waals surface area contributed by atoms with Crippen molar-refractivity contribution in [3.8, 4) is 0 Å². The Kier molecular flexibility index (Phi) is 9.51. The van der Waals surface area contributed by atoms with Crippen molar-refractivity contribution in [1.82, 2.24) is 10.2 Å². The number of carboxylic acid groups (broad SMARTS) is 1. The predicted octanol–water partition coefficient (Wildman–Crippen LogP) is 10.7. The molecule has 300 valence electrons. The van der Waals surface area contributed by atoms with Crippen molar-refractivity contribution < 1.29 is 28.6 Å². The Balaban J connectivity index is 1.21. The third kappa shape index (κ3) is 5.82. The third-order valence-corrected chi connectivity index (χ3v) is 17.0. The van der Waals surface area contributed by atoms with E-state index in [4.69, 9.17) is 25.9 Å². The van der Waals surface area contributed by atoms with E-state index in [1.54, 1.807) is 13.8 Å². The molecular weight excluding hydrogens is 712 g/mol. The summed E-state index contributed by atoms with van der Waals surface area (Å²) in [6, 6.07) is 7.80. The Morgan fingerprint density at radius 2 is 1.58 bits per heavy atom. The summed E-state index contributed by atoms with van der Waals surface area (Å²) in [5.74, 6) is 1.12. The van der Waals surface area contributed by atoms with Crippen LogP contribution in [-0.2, 0) is 30.0 Å². The zero-order chi connectivity index (χ0) is 40.3. The summed E-state index contributed by atoms with van der Waals surface area (Å²) in [6.07, 6.45) is 7.75. The van der Waals surface area contributed by atoms with E-state index >= 15 is 0 Å². The number of hydrogen-bond donors (Lipinski definition) is 1. The van der Waals surface area contributed by atoms with Gasteiger partial charge in [-0.3, -0.25) is 14.4 Å². The van der Waals surface area contributed by atoms with Gasteiger partial charge in [-0.25, -0.2) is 0 Å². The number of fused-ring (bicyclic) bond motifs is 7. The molecule has 0 saturated heterocycles. The normalized spacial score (nSPS) is 35.8. The standard InChI is InChI=1S/C46H63ClN2O6/c1-26(2)35-30(50)24-46(38-49-48-37(55-38)41(5,6)27-12-14-28(47)15-13-27)23-22-44(10)29(36(35)46)16-17-32-43(9)20-19-33(54-34(51)25-40(3,4)39(52)53)42(7,8)31(43)18-21-45(32,44)11/h12-15,26,29,31-33H,16-25H2,1-11H3,(H,52,53)/t29?,31?,32?,33-,43-,44+,45+,46+/m0/s1. The minimum Gasteiger partial charge on any atom is -0.481 e. The summed E-state index contributed by atoms with van der Waals surface area (Å²) in [4.78, 5) is 39.2. The average Bonchev–Trinajstić information content (AvgIpc) is 3.71. The molecule has 2 aromatic rings. The lowest BCUT2D eigenvalue weighted by Gasteiger charge is -2.72. The number of nitrogens with zero attached hydrogens (tertiary/aromatic N) is 2. The van der Waals surface area contributed by atoms with Crippen molar-refractivity contribution in [3.63, 3.8) is 0 Å². The van der Waals surface area contributed by atoms with Gasteiger partial charge in [0.25, 0.3) is 0 Å². The van der Waals surface area contributed by atoms with Gasteiger partial charge in [0.05, 0.1) is 22.7 Å². The molecule has 0 bridgehead atoms. The van der Waals surface area contributed by atoms with E-state index in [0.29, 0.717) is 35.1 Å². The van der Waals surface area contributed by atoms with Crippen LogP contribution >= 0.6 is 11.6 Å². The lowest BCUT2D eigenvalue weighted by molar-refractivity contribution is -0.232. The summed E-state index contributed by atoms with van der Waals surface area (Å²) < 4.78 is 13.0. The summed E-state index contributed by atoms with van der Waals surface area (Å²) in [6.45, 7) is 23.9. The fraction of sp³-hybridized carbons (Fsp3) is 0.717. The van der Waals surface area contributed by atoms with Crippen LogP contribution < -0.4 is 0 Å². The van der Waals surface area contributed by atoms with Crippen LogP contribution in [0.5, 0.6) is 0 Å². The van der Waals surface area contributed by atoms with E-state index in [1.807, 2.05) is 24.3 Å². The Morgan fingerprint density at radius 1 is 0.909 bits per heavy atom. The topological polar surface area (TPSA) is 120 Å². The monoisotopic (exact) mass is 774 g/mol. The van der Waals surface area contributed by atoms with Crippen LogP contribution in [0.25, 0.3) is 0 Å². The summed E-state index contributed by atoms with van der Waals surface area (Å²) in [7, 11) is 0. The van der Waals surface area contributed by atoms with Crippen molar-refractivity contribution in [3.05, 3.63) is 57.8 Å². The first kappa shape index (κ1) is 40.2. The van der Waals surface area contributed by atoms with Crippen molar-refractivity contribution in [2.24, 2.45) is 50.7 Å². The summed E-state index contributed by atoms with van der Waals surface area (Å²) >= 11 is 6.23. The van der Waals surface area contributed by atoms with Gasteiger partial charge >= 0.3 is 11.9 Å². The number of ketones is 1. The minimum absolute atomic E-state index is 0.0329. The van der Waals surface area contributed by atoms with E-state index in [2.05, 4.69) is 67.4 Å². The number of aromatic nitrogens is 2. The lowest BCUT2D eigenvalue weighted by Crippen LogP contribution is -2.66. The number of carboxylic acids is 1. The quantitative estimate of drug-likeness (QED) is 0.263. The minimum atomic E-state index is -1.17. The molecule has 8 nitrogen and oxygen atoms in total. The molecule has 0 radical (unpaired) electrons. The van der Waals surface area contributed by atoms with Crippen molar-refractivity contribution >= 4 is 29.3 Å². The zero-order valence-corrected chi connectivity index (χ0v) is 35.8. The van der Waals surface area contributed by atoms with Crippen LogP contribution in [0.3, 0.4) is 0 Å². The number of carbonyl (C=O) groups is 3. The zero-order valence-electron chi connectivity index (χ0n) is 35.0. The number of halogens is 1. The molecule has 0 aliphatic heterocycles. The van der Waals surface area contributed by atoms with Crippen LogP contribution in [0.15, 0.2) is 39.8 Å². The smallest absolute Gasteiger partial charge is 0.309 e. The second kappa shape index (κ2) is 13.0. The van der Waals surface area contributed by atoms with Gasteiger partial charge in [0.2, 0.25) is 11.8 Å². The number of esters is 1. The van der Waals surface area contributed by atoms with Gasteiger partial charge in [-0.1, -0.05) is 72.2 Å². The highest BCUT2D eigenvalue weighted by atomic mass is 35.5. The molecular formula is C46H63ClN2O6. The van der Waals surface area contributed by atoms with Crippen LogP contribution in [-0.4, -0.2) is 39.1 Å². The third-order valence-electron chi connectivity index (χ3n) is 16.7. The maximum absolute atomic E-state index is 14.3. The Bertz CT molecular complexity index is 1920. The molecule has 5 aliphatic carbocycles. The maximum Gasteiger partial charge on any atom is 0.309 e. The molecule has 1 aromatic heterocycles. The van der Waals surface area contributed by atoms with Gasteiger partial charge in [-0.05, 0) is 148 Å². The number of hydrogen-bond acceptors (Lipinski definition) is 7. The Morgan fingerprint density at radius 3 is 2.22 bits per heavy atom. The maximum atomic E-state index is 14.3. The van der Waals surface area contributed by atoms with Crippen molar-refractivity contribution in [2.45, 2.75) is 157 Å². The Labute approximate surface area is 333 Å². The Hall–Kier alpha value is -3.00. The van der Waals surface area contributed by atoms with Crippen LogP contribution in [0, 0.1) is 50.7 Å². The van der Waals surface area contributed by atoms with Crippen LogP contribution in [0.4, 0.5) is 0 Å².